The molecule has 0 atom stereocenters. The monoisotopic (exact) mass is 725 g/mol. The molecule has 0 amide bonds. The van der Waals surface area contributed by atoms with Gasteiger partial charge >= 0.3 is 0 Å². The number of benzene rings is 9. The third kappa shape index (κ3) is 4.34. The highest BCUT2D eigenvalue weighted by atomic mass is 15.1. The average Bonchev–Trinajstić information content (AvgIpc) is 3.83. The fourth-order valence-corrected chi connectivity index (χ4v) is 10.7. The van der Waals surface area contributed by atoms with E-state index in [9.17, 15) is 0 Å². The zero-order valence-corrected chi connectivity index (χ0v) is 32.0. The van der Waals surface area contributed by atoms with Crippen LogP contribution in [0.15, 0.2) is 200 Å². The van der Waals surface area contributed by atoms with Crippen molar-refractivity contribution in [3.05, 3.63) is 234 Å². The standard InChI is InChI=1S/C56H39N/c1-55(2)50-32-33-51-54(45-20-10-13-23-49(45)56(51)47-21-11-8-18-43(47)44-19-9-12-22-48(44)56)53(50)46-31-27-39(35-52(46)55)37-24-28-41(29-25-37)57(40-16-4-3-5-17-40)42-30-26-36-14-6-7-15-38(36)34-42/h3-35H,1-2H3. The Kier molecular flexibility index (Phi) is 6.67. The van der Waals surface area contributed by atoms with Gasteiger partial charge in [0.25, 0.3) is 0 Å². The van der Waals surface area contributed by atoms with Crippen molar-refractivity contribution in [3.8, 4) is 44.5 Å². The van der Waals surface area contributed by atoms with Crippen molar-refractivity contribution in [2.24, 2.45) is 0 Å². The van der Waals surface area contributed by atoms with Crippen molar-refractivity contribution in [1.82, 2.24) is 0 Å². The lowest BCUT2D eigenvalue weighted by Gasteiger charge is -2.31. The minimum absolute atomic E-state index is 0.161. The van der Waals surface area contributed by atoms with Gasteiger partial charge in [0.1, 0.15) is 0 Å². The molecule has 0 unspecified atom stereocenters. The van der Waals surface area contributed by atoms with E-state index < -0.39 is 0 Å². The fourth-order valence-electron chi connectivity index (χ4n) is 10.7. The molecule has 0 fully saturated rings. The Labute approximate surface area is 334 Å². The molecule has 3 aliphatic carbocycles. The first-order valence-electron chi connectivity index (χ1n) is 20.1. The third-order valence-corrected chi connectivity index (χ3v) is 13.3. The van der Waals surface area contributed by atoms with Crippen LogP contribution >= 0.6 is 0 Å². The summed E-state index contributed by atoms with van der Waals surface area (Å²) in [5.41, 5.74) is 21.9. The van der Waals surface area contributed by atoms with E-state index in [2.05, 4.69) is 219 Å². The van der Waals surface area contributed by atoms with E-state index in [0.29, 0.717) is 0 Å². The van der Waals surface area contributed by atoms with Gasteiger partial charge in [0.05, 0.1) is 5.41 Å². The van der Waals surface area contributed by atoms with Crippen LogP contribution in [-0.4, -0.2) is 0 Å². The Balaban J connectivity index is 0.987. The van der Waals surface area contributed by atoms with Gasteiger partial charge in [-0.3, -0.25) is 0 Å². The second kappa shape index (κ2) is 11.8. The van der Waals surface area contributed by atoms with E-state index in [1.165, 1.54) is 88.7 Å². The Morgan fingerprint density at radius 3 is 1.54 bits per heavy atom. The van der Waals surface area contributed by atoms with E-state index >= 15 is 0 Å². The van der Waals surface area contributed by atoms with Crippen molar-refractivity contribution in [2.45, 2.75) is 24.7 Å². The van der Waals surface area contributed by atoms with Gasteiger partial charge in [-0.25, -0.2) is 0 Å². The number of rotatable bonds is 4. The van der Waals surface area contributed by atoms with E-state index in [0.717, 1.165) is 17.1 Å². The molecule has 0 bridgehead atoms. The van der Waals surface area contributed by atoms with Crippen LogP contribution in [0.4, 0.5) is 17.1 Å². The summed E-state index contributed by atoms with van der Waals surface area (Å²) in [5.74, 6) is 0. The Hall–Kier alpha value is -6.96. The maximum Gasteiger partial charge on any atom is 0.0725 e. The third-order valence-electron chi connectivity index (χ3n) is 13.3. The Bertz CT molecular complexity index is 3050. The second-order valence-corrected chi connectivity index (χ2v) is 16.4. The van der Waals surface area contributed by atoms with Crippen molar-refractivity contribution < 1.29 is 0 Å². The average molecular weight is 726 g/mol. The van der Waals surface area contributed by atoms with Gasteiger partial charge < -0.3 is 4.90 Å². The molecular weight excluding hydrogens is 687 g/mol. The molecule has 1 heteroatoms. The van der Waals surface area contributed by atoms with Gasteiger partial charge in [-0.1, -0.05) is 172 Å². The molecule has 1 nitrogen and oxygen atoms in total. The molecular formula is C56H39N. The SMILES string of the molecule is CC1(C)c2cc(-c3ccc(N(c4ccccc4)c4ccc5ccccc5c4)cc3)ccc2-c2c1ccc1c2-c2ccccc2C12c1ccccc1-c1ccccc12. The molecule has 0 N–H and O–H groups in total. The lowest BCUT2D eigenvalue weighted by atomic mass is 9.70. The van der Waals surface area contributed by atoms with Crippen LogP contribution in [0.2, 0.25) is 0 Å². The topological polar surface area (TPSA) is 3.24 Å². The highest BCUT2D eigenvalue weighted by Gasteiger charge is 2.53. The van der Waals surface area contributed by atoms with Gasteiger partial charge in [0.2, 0.25) is 0 Å². The molecule has 0 aliphatic heterocycles. The largest absolute Gasteiger partial charge is 0.310 e. The summed E-state index contributed by atoms with van der Waals surface area (Å²) in [4.78, 5) is 2.35. The molecule has 268 valence electrons. The summed E-state index contributed by atoms with van der Waals surface area (Å²) < 4.78 is 0. The molecule has 0 heterocycles. The summed E-state index contributed by atoms with van der Waals surface area (Å²) in [6.07, 6.45) is 0. The number of para-hydroxylation sites is 1. The van der Waals surface area contributed by atoms with Crippen LogP contribution in [0.5, 0.6) is 0 Å². The van der Waals surface area contributed by atoms with Gasteiger partial charge in [-0.15, -0.1) is 0 Å². The molecule has 3 aliphatic rings. The van der Waals surface area contributed by atoms with E-state index in [4.69, 9.17) is 0 Å². The highest BCUT2D eigenvalue weighted by molar-refractivity contribution is 6.03. The van der Waals surface area contributed by atoms with Crippen LogP contribution < -0.4 is 4.90 Å². The lowest BCUT2D eigenvalue weighted by molar-refractivity contribution is 0.660. The lowest BCUT2D eigenvalue weighted by Crippen LogP contribution is -2.26. The predicted octanol–water partition coefficient (Wildman–Crippen LogP) is 14.6. The maximum absolute atomic E-state index is 2.47. The van der Waals surface area contributed by atoms with Crippen LogP contribution in [-0.2, 0) is 10.8 Å². The second-order valence-electron chi connectivity index (χ2n) is 16.4. The molecule has 0 saturated heterocycles. The van der Waals surface area contributed by atoms with Gasteiger partial charge in [-0.05, 0) is 131 Å². The smallest absolute Gasteiger partial charge is 0.0725 e. The quantitative estimate of drug-likeness (QED) is 0.175. The molecule has 57 heavy (non-hydrogen) atoms. The van der Waals surface area contributed by atoms with Crippen molar-refractivity contribution >= 4 is 27.8 Å². The number of anilines is 3. The van der Waals surface area contributed by atoms with E-state index in [1.807, 2.05) is 0 Å². The number of hydrogen-bond acceptors (Lipinski definition) is 1. The number of nitrogens with zero attached hydrogens (tertiary/aromatic N) is 1. The van der Waals surface area contributed by atoms with E-state index in [1.54, 1.807) is 0 Å². The molecule has 9 aromatic rings. The molecule has 1 spiro atoms. The van der Waals surface area contributed by atoms with Gasteiger partial charge in [-0.2, -0.15) is 0 Å². The molecule has 9 aromatic carbocycles. The molecule has 0 radical (unpaired) electrons. The first-order chi connectivity index (χ1) is 28.0. The van der Waals surface area contributed by atoms with Gasteiger partial charge in [0.15, 0.2) is 0 Å². The summed E-state index contributed by atoms with van der Waals surface area (Å²) in [6, 6.07) is 74.6. The normalized spacial score (nSPS) is 14.4. The van der Waals surface area contributed by atoms with Gasteiger partial charge in [0, 0.05) is 22.5 Å². The van der Waals surface area contributed by atoms with Crippen molar-refractivity contribution in [3.63, 3.8) is 0 Å². The minimum atomic E-state index is -0.344. The zero-order valence-electron chi connectivity index (χ0n) is 32.0. The summed E-state index contributed by atoms with van der Waals surface area (Å²) >= 11 is 0. The Morgan fingerprint density at radius 1 is 0.316 bits per heavy atom. The van der Waals surface area contributed by atoms with Crippen molar-refractivity contribution in [2.75, 3.05) is 4.90 Å². The van der Waals surface area contributed by atoms with Crippen LogP contribution in [0.25, 0.3) is 55.3 Å². The van der Waals surface area contributed by atoms with E-state index in [-0.39, 0.29) is 10.8 Å². The summed E-state index contributed by atoms with van der Waals surface area (Å²) in [6.45, 7) is 4.82. The number of hydrogen-bond donors (Lipinski definition) is 0. The minimum Gasteiger partial charge on any atom is -0.310 e. The van der Waals surface area contributed by atoms with Crippen LogP contribution in [0.1, 0.15) is 47.2 Å². The van der Waals surface area contributed by atoms with Crippen molar-refractivity contribution in [1.29, 1.82) is 0 Å². The molecule has 12 rings (SSSR count). The maximum atomic E-state index is 2.47. The zero-order chi connectivity index (χ0) is 37.9. The fraction of sp³-hybridized carbons (Fsp3) is 0.0714. The summed E-state index contributed by atoms with van der Waals surface area (Å²) in [7, 11) is 0. The van der Waals surface area contributed by atoms with Crippen LogP contribution in [0.3, 0.4) is 0 Å². The predicted molar refractivity (Wildman–Crippen MR) is 238 cm³/mol. The van der Waals surface area contributed by atoms with Crippen LogP contribution in [0, 0.1) is 0 Å². The number of fused-ring (bicyclic) bond motifs is 15. The highest BCUT2D eigenvalue weighted by Crippen LogP contribution is 2.66. The summed E-state index contributed by atoms with van der Waals surface area (Å²) in [5, 5.41) is 2.48. The first kappa shape index (κ1) is 32.3. The molecule has 0 aromatic heterocycles. The molecule has 0 saturated carbocycles. The Morgan fingerprint density at radius 2 is 0.825 bits per heavy atom. The first-order valence-corrected chi connectivity index (χ1v) is 20.1.